The molecule has 0 saturated heterocycles. The van der Waals surface area contributed by atoms with Crippen LogP contribution in [0, 0.1) is 0 Å². The van der Waals surface area contributed by atoms with Gasteiger partial charge in [0, 0.05) is 51.1 Å². The second-order valence-corrected chi connectivity index (χ2v) is 7.85. The van der Waals surface area contributed by atoms with Crippen LogP contribution >= 0.6 is 0 Å². The van der Waals surface area contributed by atoms with Crippen LogP contribution in [-0.4, -0.2) is 128 Å². The molecule has 0 spiro atoms. The van der Waals surface area contributed by atoms with Gasteiger partial charge in [-0.25, -0.2) is 0 Å². The van der Waals surface area contributed by atoms with Crippen molar-refractivity contribution < 1.29 is 0 Å². The average molecular weight is 215 g/mol. The summed E-state index contributed by atoms with van der Waals surface area (Å²) >= 11 is 0. The number of rotatable bonds is 7. The predicted octanol–water partition coefficient (Wildman–Crippen LogP) is -12.2. The van der Waals surface area contributed by atoms with E-state index in [9.17, 15) is 0 Å². The van der Waals surface area contributed by atoms with Gasteiger partial charge in [-0.05, 0) is 0 Å². The van der Waals surface area contributed by atoms with E-state index in [1.54, 1.807) is 0 Å². The lowest BCUT2D eigenvalue weighted by atomic mass is 8.43. The highest BCUT2D eigenvalue weighted by Crippen LogP contribution is 2.01. The maximum absolute atomic E-state index is 2.51. The Morgan fingerprint density at radius 3 is 0.889 bits per heavy atom. The van der Waals surface area contributed by atoms with Gasteiger partial charge in [0.1, 0.15) is 0 Å². The lowest BCUT2D eigenvalue weighted by molar-refractivity contribution is 3.38. The summed E-state index contributed by atoms with van der Waals surface area (Å²) in [5, 5.41) is 0. The molecule has 0 aromatic rings. The lowest BCUT2D eigenvalue weighted by Gasteiger charge is -2.36. The zero-order valence-electron chi connectivity index (χ0n) is 14.6. The Morgan fingerprint density at radius 1 is 0.333 bits per heavy atom. The van der Waals surface area contributed by atoms with Crippen molar-refractivity contribution in [3.05, 3.63) is 0 Å². The van der Waals surface area contributed by atoms with E-state index in [0.29, 0.717) is 0 Å². The van der Waals surface area contributed by atoms with Gasteiger partial charge in [-0.1, -0.05) is 0 Å². The van der Waals surface area contributed by atoms with Crippen LogP contribution in [0.3, 0.4) is 0 Å². The fourth-order valence-electron chi connectivity index (χ4n) is 4.38. The maximum Gasteiger partial charge on any atom is 0.0552 e. The predicted molar refractivity (Wildman–Crippen MR) is 131 cm³/mol. The van der Waals surface area contributed by atoms with Crippen molar-refractivity contribution in [2.24, 2.45) is 0 Å². The molecule has 0 aromatic carbocycles. The van der Waals surface area contributed by atoms with Crippen LogP contribution in [-0.2, 0) is 0 Å². The SMILES string of the molecule is BB(B)B(B)B(B(B)B)B(B)B(B(B)B)B(B)B. The molecule has 0 aromatic heterocycles. The summed E-state index contributed by atoms with van der Waals surface area (Å²) in [7, 11) is 24.2. The Balaban J connectivity index is 5.11. The van der Waals surface area contributed by atoms with E-state index in [1.165, 1.54) is 0 Å². The monoisotopic (exact) mass is 218 g/mol. The standard InChI is InChI=1S/B18H20/c1-11(2)15(9)18(14(7)8)16(10)17(12(3)4)13(5)6/h1-10H2. The van der Waals surface area contributed by atoms with Gasteiger partial charge >= 0.3 is 0 Å². The quantitative estimate of drug-likeness (QED) is 0.370. The van der Waals surface area contributed by atoms with Gasteiger partial charge < -0.3 is 0 Å². The molecular formula is H20B18. The summed E-state index contributed by atoms with van der Waals surface area (Å²) in [6.07, 6.45) is 6.50. The van der Waals surface area contributed by atoms with E-state index in [-0.39, 0.29) is 0 Å². The molecule has 0 saturated carbocycles. The topological polar surface area (TPSA) is 0 Å². The Bertz CT molecular complexity index is 204. The summed E-state index contributed by atoms with van der Waals surface area (Å²) in [4.78, 5) is 0. The number of hydrogen-bond donors (Lipinski definition) is 0. The first-order chi connectivity index (χ1) is 8.11. The zero-order valence-corrected chi connectivity index (χ0v) is 14.6. The molecule has 18 heteroatoms. The van der Waals surface area contributed by atoms with Gasteiger partial charge in [-0.15, -0.1) is 0 Å². The molecule has 0 aliphatic carbocycles. The summed E-state index contributed by atoms with van der Waals surface area (Å²) in [6, 6.07) is 0. The van der Waals surface area contributed by atoms with Crippen molar-refractivity contribution >= 4 is 128 Å². The van der Waals surface area contributed by atoms with Crippen molar-refractivity contribution in [1.82, 2.24) is 0 Å². The van der Waals surface area contributed by atoms with E-state index >= 15 is 0 Å². The third-order valence-corrected chi connectivity index (χ3v) is 5.18. The van der Waals surface area contributed by atoms with Gasteiger partial charge in [-0.3, -0.25) is 0 Å². The highest BCUT2D eigenvalue weighted by atomic mass is 13.2. The molecule has 0 radical (unpaired) electrons. The Kier molecular flexibility index (Phi) is 9.00. The summed E-state index contributed by atoms with van der Waals surface area (Å²) in [5.41, 5.74) is 0. The van der Waals surface area contributed by atoms with E-state index in [1.807, 2.05) is 0 Å². The van der Waals surface area contributed by atoms with Crippen LogP contribution in [0.5, 0.6) is 0 Å². The van der Waals surface area contributed by atoms with E-state index in [4.69, 9.17) is 0 Å². The summed E-state index contributed by atoms with van der Waals surface area (Å²) in [5.74, 6) is 0. The lowest BCUT2D eigenvalue weighted by Crippen LogP contribution is -2.76. The Hall–Kier alpha value is 1.17. The highest BCUT2D eigenvalue weighted by Gasteiger charge is 2.41. The van der Waals surface area contributed by atoms with Gasteiger partial charge in [0.25, 0.3) is 0 Å². The molecule has 74 valence electrons. The van der Waals surface area contributed by atoms with Crippen molar-refractivity contribution in [1.29, 1.82) is 0 Å². The zero-order chi connectivity index (χ0) is 14.6. The second-order valence-electron chi connectivity index (χ2n) is 7.85. The smallest absolute Gasteiger partial charge is 0.00319 e. The molecule has 0 unspecified atom stereocenters. The summed E-state index contributed by atoms with van der Waals surface area (Å²) in [6.45, 7) is 0. The van der Waals surface area contributed by atoms with Crippen molar-refractivity contribution in [2.45, 2.75) is 0 Å². The van der Waals surface area contributed by atoms with Gasteiger partial charge in [0.15, 0.2) is 0 Å². The molecule has 18 heavy (non-hydrogen) atoms. The minimum atomic E-state index is 0.789. The van der Waals surface area contributed by atoms with Crippen LogP contribution in [0.1, 0.15) is 0 Å². The Labute approximate surface area is 128 Å². The third kappa shape index (κ3) is 5.28. The van der Waals surface area contributed by atoms with Crippen molar-refractivity contribution in [3.8, 4) is 0 Å². The largest absolute Gasteiger partial charge is 0.0552 e. The van der Waals surface area contributed by atoms with E-state index in [2.05, 4.69) is 77.4 Å². The normalized spacial score (nSPS) is 9.11. The fraction of sp³-hybridized carbons (Fsp3) is 0. The molecule has 0 bridgehead atoms. The average Bonchev–Trinajstić information content (AvgIpc) is 2.15. The minimum absolute atomic E-state index is 0.789. The van der Waals surface area contributed by atoms with E-state index in [0.717, 1.165) is 51.1 Å². The van der Waals surface area contributed by atoms with Crippen LogP contribution in [0.15, 0.2) is 0 Å². The first-order valence-corrected chi connectivity index (χ1v) is 8.11. The maximum atomic E-state index is 2.51. The molecule has 0 N–H and O–H groups in total. The molecule has 0 fully saturated rings. The molecule has 0 aliphatic heterocycles. The molecule has 0 rings (SSSR count). The molecule has 0 nitrogen and oxygen atoms in total. The molecule has 0 heterocycles. The van der Waals surface area contributed by atoms with Crippen LogP contribution in [0.25, 0.3) is 0 Å². The number of hydrogen-bond acceptors (Lipinski definition) is 0. The van der Waals surface area contributed by atoms with Gasteiger partial charge in [-0.2, -0.15) is 0 Å². The second kappa shape index (κ2) is 8.45. The fourth-order valence-corrected chi connectivity index (χ4v) is 4.38. The molecule has 0 aliphatic rings. The molecular weight excluding hydrogens is 195 g/mol. The highest BCUT2D eigenvalue weighted by molar-refractivity contribution is 8.14. The first-order valence-electron chi connectivity index (χ1n) is 8.11. The van der Waals surface area contributed by atoms with Crippen LogP contribution < -0.4 is 0 Å². The van der Waals surface area contributed by atoms with Crippen LogP contribution in [0.2, 0.25) is 0 Å². The van der Waals surface area contributed by atoms with Gasteiger partial charge in [0.05, 0.1) is 77.4 Å². The first kappa shape index (κ1) is 19.2. The Morgan fingerprint density at radius 2 is 0.667 bits per heavy atom. The van der Waals surface area contributed by atoms with E-state index < -0.39 is 0 Å². The minimum Gasteiger partial charge on any atom is 0.00319 e. The summed E-state index contributed by atoms with van der Waals surface area (Å²) < 4.78 is 0. The molecule has 0 amide bonds. The molecule has 0 atom stereocenters. The third-order valence-electron chi connectivity index (χ3n) is 5.18. The van der Waals surface area contributed by atoms with Crippen molar-refractivity contribution in [3.63, 3.8) is 0 Å². The van der Waals surface area contributed by atoms with Crippen LogP contribution in [0.4, 0.5) is 0 Å². The van der Waals surface area contributed by atoms with Crippen molar-refractivity contribution in [2.75, 3.05) is 0 Å². The van der Waals surface area contributed by atoms with Gasteiger partial charge in [0.2, 0.25) is 0 Å².